The Morgan fingerprint density at radius 2 is 1.58 bits per heavy atom. The largest absolute Gasteiger partial charge is 0.459 e. The SMILES string of the molecule is CC(CN1CCOCC1)OC(=O)C(O)(c1ccccc1)c1ccccc1. The summed E-state index contributed by atoms with van der Waals surface area (Å²) in [5, 5.41) is 11.4. The van der Waals surface area contributed by atoms with Gasteiger partial charge in [0.25, 0.3) is 0 Å². The van der Waals surface area contributed by atoms with Crippen molar-refractivity contribution in [2.75, 3.05) is 32.8 Å². The molecule has 0 aromatic heterocycles. The van der Waals surface area contributed by atoms with Gasteiger partial charge in [0, 0.05) is 19.6 Å². The van der Waals surface area contributed by atoms with Crippen molar-refractivity contribution in [3.05, 3.63) is 71.8 Å². The molecule has 1 unspecified atom stereocenters. The Hall–Kier alpha value is -2.21. The van der Waals surface area contributed by atoms with Crippen LogP contribution in [0.5, 0.6) is 0 Å². The summed E-state index contributed by atoms with van der Waals surface area (Å²) in [5.74, 6) is -0.657. The Morgan fingerprint density at radius 3 is 2.08 bits per heavy atom. The zero-order valence-electron chi connectivity index (χ0n) is 15.0. The van der Waals surface area contributed by atoms with Crippen LogP contribution in [0.2, 0.25) is 0 Å². The predicted molar refractivity (Wildman–Crippen MR) is 98.7 cm³/mol. The van der Waals surface area contributed by atoms with Gasteiger partial charge >= 0.3 is 5.97 Å². The van der Waals surface area contributed by atoms with Crippen LogP contribution < -0.4 is 0 Å². The van der Waals surface area contributed by atoms with Gasteiger partial charge in [0.2, 0.25) is 5.60 Å². The second-order valence-electron chi connectivity index (χ2n) is 6.57. The van der Waals surface area contributed by atoms with E-state index in [9.17, 15) is 9.90 Å². The summed E-state index contributed by atoms with van der Waals surface area (Å²) in [7, 11) is 0. The molecule has 5 heteroatoms. The molecule has 0 saturated carbocycles. The Labute approximate surface area is 154 Å². The minimum absolute atomic E-state index is 0.334. The van der Waals surface area contributed by atoms with Gasteiger partial charge in [0.05, 0.1) is 13.2 Å². The lowest BCUT2D eigenvalue weighted by Crippen LogP contribution is -2.44. The van der Waals surface area contributed by atoms with Crippen molar-refractivity contribution in [3.63, 3.8) is 0 Å². The Bertz CT molecular complexity index is 659. The average Bonchev–Trinajstić information content (AvgIpc) is 2.69. The molecular formula is C21H25NO4. The molecule has 0 bridgehead atoms. The van der Waals surface area contributed by atoms with E-state index in [4.69, 9.17) is 9.47 Å². The highest BCUT2D eigenvalue weighted by molar-refractivity contribution is 5.85. The molecule has 3 rings (SSSR count). The van der Waals surface area contributed by atoms with Crippen molar-refractivity contribution >= 4 is 5.97 Å². The quantitative estimate of drug-likeness (QED) is 0.805. The first-order valence-corrected chi connectivity index (χ1v) is 8.95. The van der Waals surface area contributed by atoms with Gasteiger partial charge in [-0.05, 0) is 18.1 Å². The number of hydrogen-bond acceptors (Lipinski definition) is 5. The molecule has 0 radical (unpaired) electrons. The fraction of sp³-hybridized carbons (Fsp3) is 0.381. The fourth-order valence-corrected chi connectivity index (χ4v) is 3.21. The van der Waals surface area contributed by atoms with Gasteiger partial charge in [0.15, 0.2) is 0 Å². The van der Waals surface area contributed by atoms with Crippen LogP contribution in [-0.2, 0) is 19.9 Å². The van der Waals surface area contributed by atoms with Crippen molar-refractivity contribution in [1.29, 1.82) is 0 Å². The summed E-state index contributed by atoms with van der Waals surface area (Å²) >= 11 is 0. The highest BCUT2D eigenvalue weighted by Gasteiger charge is 2.42. The fourth-order valence-electron chi connectivity index (χ4n) is 3.21. The first kappa shape index (κ1) is 18.6. The van der Waals surface area contributed by atoms with Gasteiger partial charge in [0.1, 0.15) is 6.10 Å². The highest BCUT2D eigenvalue weighted by Crippen LogP contribution is 2.31. The number of morpholine rings is 1. The molecule has 1 atom stereocenters. The van der Waals surface area contributed by atoms with E-state index >= 15 is 0 Å². The number of nitrogens with zero attached hydrogens (tertiary/aromatic N) is 1. The Kier molecular flexibility index (Phi) is 6.04. The molecule has 26 heavy (non-hydrogen) atoms. The highest BCUT2D eigenvalue weighted by atomic mass is 16.6. The number of carbonyl (C=O) groups excluding carboxylic acids is 1. The van der Waals surface area contributed by atoms with Gasteiger partial charge in [-0.3, -0.25) is 4.90 Å². The predicted octanol–water partition coefficient (Wildman–Crippen LogP) is 2.19. The molecule has 1 heterocycles. The molecule has 0 amide bonds. The molecule has 138 valence electrons. The molecule has 2 aromatic rings. The van der Waals surface area contributed by atoms with E-state index in [1.54, 1.807) is 48.5 Å². The smallest absolute Gasteiger partial charge is 0.348 e. The molecule has 0 spiro atoms. The normalized spacial score (nSPS) is 16.8. The average molecular weight is 355 g/mol. The van der Waals surface area contributed by atoms with Gasteiger partial charge in [-0.25, -0.2) is 4.79 Å². The first-order chi connectivity index (χ1) is 12.6. The van der Waals surface area contributed by atoms with E-state index in [1.165, 1.54) is 0 Å². The lowest BCUT2D eigenvalue weighted by atomic mass is 9.86. The molecule has 0 aliphatic carbocycles. The summed E-state index contributed by atoms with van der Waals surface area (Å²) < 4.78 is 11.0. The lowest BCUT2D eigenvalue weighted by molar-refractivity contribution is -0.168. The van der Waals surface area contributed by atoms with E-state index in [-0.39, 0.29) is 6.10 Å². The van der Waals surface area contributed by atoms with Crippen molar-refractivity contribution in [2.24, 2.45) is 0 Å². The van der Waals surface area contributed by atoms with Crippen LogP contribution in [0, 0.1) is 0 Å². The number of aliphatic hydroxyl groups is 1. The molecule has 1 saturated heterocycles. The zero-order valence-corrected chi connectivity index (χ0v) is 15.0. The van der Waals surface area contributed by atoms with Crippen LogP contribution in [0.4, 0.5) is 0 Å². The van der Waals surface area contributed by atoms with E-state index < -0.39 is 11.6 Å². The van der Waals surface area contributed by atoms with Gasteiger partial charge < -0.3 is 14.6 Å². The van der Waals surface area contributed by atoms with Gasteiger partial charge in [-0.2, -0.15) is 0 Å². The van der Waals surface area contributed by atoms with Crippen molar-refractivity contribution < 1.29 is 19.4 Å². The molecule has 1 aliphatic rings. The summed E-state index contributed by atoms with van der Waals surface area (Å²) in [6, 6.07) is 17.8. The third-order valence-electron chi connectivity index (χ3n) is 4.61. The van der Waals surface area contributed by atoms with Crippen LogP contribution in [0.3, 0.4) is 0 Å². The maximum atomic E-state index is 13.0. The van der Waals surface area contributed by atoms with Crippen LogP contribution in [-0.4, -0.2) is 54.9 Å². The Balaban J connectivity index is 1.79. The van der Waals surface area contributed by atoms with E-state index in [0.717, 1.165) is 13.1 Å². The minimum Gasteiger partial charge on any atom is -0.459 e. The summed E-state index contributed by atoms with van der Waals surface area (Å²) in [5.41, 5.74) is -0.841. The number of hydrogen-bond donors (Lipinski definition) is 1. The summed E-state index contributed by atoms with van der Waals surface area (Å²) in [6.07, 6.45) is -0.334. The molecular weight excluding hydrogens is 330 g/mol. The molecule has 1 N–H and O–H groups in total. The summed E-state index contributed by atoms with van der Waals surface area (Å²) in [6.45, 7) is 5.50. The lowest BCUT2D eigenvalue weighted by Gasteiger charge is -2.32. The van der Waals surface area contributed by atoms with Crippen molar-refractivity contribution in [2.45, 2.75) is 18.6 Å². The third-order valence-corrected chi connectivity index (χ3v) is 4.61. The monoisotopic (exact) mass is 355 g/mol. The maximum absolute atomic E-state index is 13.0. The molecule has 2 aromatic carbocycles. The molecule has 5 nitrogen and oxygen atoms in total. The number of benzene rings is 2. The van der Waals surface area contributed by atoms with E-state index in [2.05, 4.69) is 4.90 Å². The van der Waals surface area contributed by atoms with E-state index in [0.29, 0.717) is 30.9 Å². The zero-order chi connectivity index (χ0) is 18.4. The second-order valence-corrected chi connectivity index (χ2v) is 6.57. The van der Waals surface area contributed by atoms with E-state index in [1.807, 2.05) is 19.1 Å². The minimum atomic E-state index is -1.83. The second kappa shape index (κ2) is 8.45. The van der Waals surface area contributed by atoms with Crippen LogP contribution in [0.15, 0.2) is 60.7 Å². The number of carbonyl (C=O) groups is 1. The third kappa shape index (κ3) is 4.12. The number of ether oxygens (including phenoxy) is 2. The van der Waals surface area contributed by atoms with Crippen LogP contribution in [0.1, 0.15) is 18.1 Å². The molecule has 1 fully saturated rings. The van der Waals surface area contributed by atoms with Crippen molar-refractivity contribution in [1.82, 2.24) is 4.90 Å². The molecule has 1 aliphatic heterocycles. The van der Waals surface area contributed by atoms with Crippen LogP contribution >= 0.6 is 0 Å². The van der Waals surface area contributed by atoms with Gasteiger partial charge in [-0.15, -0.1) is 0 Å². The van der Waals surface area contributed by atoms with Crippen molar-refractivity contribution in [3.8, 4) is 0 Å². The maximum Gasteiger partial charge on any atom is 0.348 e. The standard InChI is InChI=1S/C21H25NO4/c1-17(16-22-12-14-25-15-13-22)26-20(23)21(24,18-8-4-2-5-9-18)19-10-6-3-7-11-19/h2-11,17,24H,12-16H2,1H3. The number of esters is 1. The first-order valence-electron chi connectivity index (χ1n) is 8.95. The van der Waals surface area contributed by atoms with Gasteiger partial charge in [-0.1, -0.05) is 60.7 Å². The Morgan fingerprint density at radius 1 is 1.08 bits per heavy atom. The number of rotatable bonds is 6. The summed E-state index contributed by atoms with van der Waals surface area (Å²) in [4.78, 5) is 15.2. The van der Waals surface area contributed by atoms with Crippen LogP contribution in [0.25, 0.3) is 0 Å². The topological polar surface area (TPSA) is 59.0 Å².